The summed E-state index contributed by atoms with van der Waals surface area (Å²) in [4.78, 5) is 12.3. The number of aliphatic hydroxyl groups is 1. The van der Waals surface area contributed by atoms with Crippen molar-refractivity contribution in [2.24, 2.45) is 5.92 Å². The van der Waals surface area contributed by atoms with Crippen molar-refractivity contribution in [2.45, 2.75) is 16.8 Å². The predicted octanol–water partition coefficient (Wildman–Crippen LogP) is 1.31. The summed E-state index contributed by atoms with van der Waals surface area (Å²) in [5.74, 6) is -2.73. The molecule has 2 rings (SSSR count). The largest absolute Gasteiger partial charge is 0.391 e. The molecule has 0 aromatic heterocycles. The number of halogens is 2. The van der Waals surface area contributed by atoms with Gasteiger partial charge in [0.25, 0.3) is 11.7 Å². The van der Waals surface area contributed by atoms with Crippen LogP contribution in [0, 0.1) is 5.92 Å². The van der Waals surface area contributed by atoms with Crippen LogP contribution in [0.2, 0.25) is 0 Å². The number of rotatable bonds is 5. The molecule has 2 atom stereocenters. The van der Waals surface area contributed by atoms with Crippen molar-refractivity contribution in [1.82, 2.24) is 10.6 Å². The van der Waals surface area contributed by atoms with Crippen LogP contribution in [0.5, 0.6) is 0 Å². The van der Waals surface area contributed by atoms with E-state index in [0.29, 0.717) is 41.9 Å². The normalized spacial score (nSPS) is 22.2. The summed E-state index contributed by atoms with van der Waals surface area (Å²) in [6.45, 7) is 1.60. The highest BCUT2D eigenvalue weighted by Crippen LogP contribution is 2.25. The first-order chi connectivity index (χ1) is 9.56. The van der Waals surface area contributed by atoms with Crippen molar-refractivity contribution in [3.63, 3.8) is 0 Å². The number of β-amino-alcohol motifs (C(OH)–C–C–N with tert-alkyl or cyclic N) is 1. The minimum Gasteiger partial charge on any atom is -0.391 e. The Morgan fingerprint density at radius 1 is 1.40 bits per heavy atom. The quantitative estimate of drug-likeness (QED) is 0.718. The van der Waals surface area contributed by atoms with Gasteiger partial charge in [-0.25, -0.2) is 0 Å². The smallest absolute Gasteiger partial charge is 0.288 e. The van der Waals surface area contributed by atoms with Crippen molar-refractivity contribution in [2.75, 3.05) is 19.6 Å². The SMILES string of the molecule is O=C(NCC1CNCC1O)c1ccc(SC(F)F)cc1. The van der Waals surface area contributed by atoms with Gasteiger partial charge in [-0.1, -0.05) is 11.8 Å². The Hall–Kier alpha value is -1.18. The molecule has 0 radical (unpaired) electrons. The lowest BCUT2D eigenvalue weighted by Crippen LogP contribution is -2.34. The standard InChI is InChI=1S/C13H16F2N2O2S/c14-13(15)20-10-3-1-8(2-4-10)12(19)17-6-9-5-16-7-11(9)18/h1-4,9,11,13,16,18H,5-7H2,(H,17,19). The van der Waals surface area contributed by atoms with Crippen molar-refractivity contribution in [1.29, 1.82) is 0 Å². The van der Waals surface area contributed by atoms with E-state index in [1.54, 1.807) is 0 Å². The summed E-state index contributed by atoms with van der Waals surface area (Å²) in [6, 6.07) is 6.03. The summed E-state index contributed by atoms with van der Waals surface area (Å²) < 4.78 is 24.3. The molecule has 1 saturated heterocycles. The average molecular weight is 302 g/mol. The Morgan fingerprint density at radius 2 is 2.10 bits per heavy atom. The molecule has 0 bridgehead atoms. The van der Waals surface area contributed by atoms with Gasteiger partial charge in [0.15, 0.2) is 0 Å². The van der Waals surface area contributed by atoms with Crippen LogP contribution in [-0.4, -0.2) is 42.5 Å². The molecule has 2 unspecified atom stereocenters. The second-order valence-corrected chi connectivity index (χ2v) is 5.66. The maximum Gasteiger partial charge on any atom is 0.288 e. The Labute approximate surface area is 119 Å². The third-order valence-electron chi connectivity index (χ3n) is 3.17. The van der Waals surface area contributed by atoms with Gasteiger partial charge in [0.1, 0.15) is 0 Å². The van der Waals surface area contributed by atoms with E-state index in [1.165, 1.54) is 24.3 Å². The van der Waals surface area contributed by atoms with Gasteiger partial charge in [0.05, 0.1) is 6.10 Å². The first-order valence-electron chi connectivity index (χ1n) is 6.28. The van der Waals surface area contributed by atoms with Gasteiger partial charge in [0.2, 0.25) is 0 Å². The number of amides is 1. The number of alkyl halides is 2. The van der Waals surface area contributed by atoms with Crippen LogP contribution in [-0.2, 0) is 0 Å². The first kappa shape index (κ1) is 15.2. The summed E-state index contributed by atoms with van der Waals surface area (Å²) in [6.07, 6.45) is -0.444. The highest BCUT2D eigenvalue weighted by Gasteiger charge is 2.25. The molecule has 1 aromatic carbocycles. The minimum absolute atomic E-state index is 0.00705. The summed E-state index contributed by atoms with van der Waals surface area (Å²) in [5.41, 5.74) is 0.420. The fraction of sp³-hybridized carbons (Fsp3) is 0.462. The summed E-state index contributed by atoms with van der Waals surface area (Å²) >= 11 is 0.447. The molecule has 20 heavy (non-hydrogen) atoms. The highest BCUT2D eigenvalue weighted by atomic mass is 32.2. The number of carbonyl (C=O) groups is 1. The molecule has 110 valence electrons. The lowest BCUT2D eigenvalue weighted by Gasteiger charge is -2.14. The van der Waals surface area contributed by atoms with E-state index in [0.717, 1.165) is 0 Å². The molecular weight excluding hydrogens is 286 g/mol. The van der Waals surface area contributed by atoms with Crippen molar-refractivity contribution >= 4 is 17.7 Å². The van der Waals surface area contributed by atoms with Gasteiger partial charge in [-0.15, -0.1) is 0 Å². The monoisotopic (exact) mass is 302 g/mol. The minimum atomic E-state index is -2.47. The molecular formula is C13H16F2N2O2S. The molecule has 1 aliphatic rings. The zero-order valence-corrected chi connectivity index (χ0v) is 11.5. The van der Waals surface area contributed by atoms with E-state index in [1.807, 2.05) is 0 Å². The van der Waals surface area contributed by atoms with Crippen LogP contribution in [0.4, 0.5) is 8.78 Å². The fourth-order valence-corrected chi connectivity index (χ4v) is 2.54. The predicted molar refractivity (Wildman–Crippen MR) is 73.0 cm³/mol. The van der Waals surface area contributed by atoms with Crippen LogP contribution in [0.15, 0.2) is 29.2 Å². The van der Waals surface area contributed by atoms with Gasteiger partial charge >= 0.3 is 0 Å². The van der Waals surface area contributed by atoms with E-state index in [2.05, 4.69) is 10.6 Å². The third-order valence-corrected chi connectivity index (χ3v) is 3.89. The van der Waals surface area contributed by atoms with Gasteiger partial charge in [-0.05, 0) is 24.3 Å². The molecule has 0 saturated carbocycles. The van der Waals surface area contributed by atoms with Gasteiger partial charge in [0, 0.05) is 36.0 Å². The number of hydrogen-bond acceptors (Lipinski definition) is 4. The van der Waals surface area contributed by atoms with Crippen LogP contribution < -0.4 is 10.6 Å². The van der Waals surface area contributed by atoms with E-state index in [4.69, 9.17) is 0 Å². The zero-order valence-electron chi connectivity index (χ0n) is 10.7. The van der Waals surface area contributed by atoms with Gasteiger partial charge in [-0.2, -0.15) is 8.78 Å². The average Bonchev–Trinajstić information content (AvgIpc) is 2.82. The summed E-state index contributed by atoms with van der Waals surface area (Å²) in [5, 5.41) is 15.4. The van der Waals surface area contributed by atoms with Crippen LogP contribution in [0.25, 0.3) is 0 Å². The molecule has 1 aromatic rings. The van der Waals surface area contributed by atoms with Crippen LogP contribution >= 0.6 is 11.8 Å². The molecule has 0 aliphatic carbocycles. The second kappa shape index (κ2) is 7.01. The van der Waals surface area contributed by atoms with Crippen molar-refractivity contribution in [3.8, 4) is 0 Å². The lowest BCUT2D eigenvalue weighted by molar-refractivity contribution is 0.0927. The highest BCUT2D eigenvalue weighted by molar-refractivity contribution is 7.99. The number of hydrogen-bond donors (Lipinski definition) is 3. The Kier molecular flexibility index (Phi) is 5.33. The second-order valence-electron chi connectivity index (χ2n) is 4.60. The number of aliphatic hydroxyl groups excluding tert-OH is 1. The van der Waals surface area contributed by atoms with Crippen molar-refractivity contribution < 1.29 is 18.7 Å². The van der Waals surface area contributed by atoms with E-state index in [-0.39, 0.29) is 11.8 Å². The Bertz CT molecular complexity index is 456. The number of thioether (sulfide) groups is 1. The molecule has 0 spiro atoms. The maximum atomic E-state index is 12.2. The van der Waals surface area contributed by atoms with Gasteiger partial charge in [-0.3, -0.25) is 4.79 Å². The Balaban J connectivity index is 1.85. The van der Waals surface area contributed by atoms with Gasteiger partial charge < -0.3 is 15.7 Å². The molecule has 1 aliphatic heterocycles. The molecule has 4 nitrogen and oxygen atoms in total. The van der Waals surface area contributed by atoms with E-state index >= 15 is 0 Å². The fourth-order valence-electron chi connectivity index (χ4n) is 2.04. The summed E-state index contributed by atoms with van der Waals surface area (Å²) in [7, 11) is 0. The van der Waals surface area contributed by atoms with Crippen LogP contribution in [0.1, 0.15) is 10.4 Å². The number of nitrogens with one attached hydrogen (secondary N) is 2. The molecule has 1 amide bonds. The van der Waals surface area contributed by atoms with Crippen molar-refractivity contribution in [3.05, 3.63) is 29.8 Å². The van der Waals surface area contributed by atoms with Crippen LogP contribution in [0.3, 0.4) is 0 Å². The zero-order chi connectivity index (χ0) is 14.5. The number of carbonyl (C=O) groups excluding carboxylic acids is 1. The Morgan fingerprint density at radius 3 is 2.65 bits per heavy atom. The molecule has 1 fully saturated rings. The molecule has 3 N–H and O–H groups in total. The topological polar surface area (TPSA) is 61.4 Å². The molecule has 7 heteroatoms. The molecule has 1 heterocycles. The lowest BCUT2D eigenvalue weighted by atomic mass is 10.1. The number of benzene rings is 1. The first-order valence-corrected chi connectivity index (χ1v) is 7.16. The third kappa shape index (κ3) is 4.16. The van der Waals surface area contributed by atoms with E-state index < -0.39 is 11.9 Å². The maximum absolute atomic E-state index is 12.2. The van der Waals surface area contributed by atoms with E-state index in [9.17, 15) is 18.7 Å².